The summed E-state index contributed by atoms with van der Waals surface area (Å²) in [4.78, 5) is 9.90. The summed E-state index contributed by atoms with van der Waals surface area (Å²) in [7, 11) is 0. The van der Waals surface area contributed by atoms with Gasteiger partial charge in [0.15, 0.2) is 0 Å². The standard InChI is InChI=1S/C11H23NO/c1-11(2)8-6-4-3-5-7-9-12-10-13/h10-11H,3-9H2,1-2H3,(H,12,13). The predicted molar refractivity (Wildman–Crippen MR) is 56.6 cm³/mol. The lowest BCUT2D eigenvalue weighted by Gasteiger charge is -2.03. The Kier molecular flexibility index (Phi) is 9.17. The van der Waals surface area contributed by atoms with Gasteiger partial charge in [0.05, 0.1) is 0 Å². The Bertz CT molecular complexity index is 113. The summed E-state index contributed by atoms with van der Waals surface area (Å²) < 4.78 is 0. The van der Waals surface area contributed by atoms with E-state index in [0.717, 1.165) is 25.3 Å². The highest BCUT2D eigenvalue weighted by molar-refractivity contribution is 5.45. The first-order valence-electron chi connectivity index (χ1n) is 5.44. The normalized spacial score (nSPS) is 10.4. The maximum atomic E-state index is 9.90. The van der Waals surface area contributed by atoms with Crippen molar-refractivity contribution in [2.24, 2.45) is 5.92 Å². The van der Waals surface area contributed by atoms with E-state index in [2.05, 4.69) is 19.2 Å². The van der Waals surface area contributed by atoms with Crippen LogP contribution in [0.4, 0.5) is 0 Å². The second-order valence-corrected chi connectivity index (χ2v) is 4.02. The predicted octanol–water partition coefficient (Wildman–Crippen LogP) is 2.73. The summed E-state index contributed by atoms with van der Waals surface area (Å²) in [5, 5.41) is 2.68. The molecular weight excluding hydrogens is 162 g/mol. The van der Waals surface area contributed by atoms with Crippen LogP contribution in [0.2, 0.25) is 0 Å². The van der Waals surface area contributed by atoms with Crippen LogP contribution in [0.1, 0.15) is 52.4 Å². The zero-order valence-electron chi connectivity index (χ0n) is 9.01. The monoisotopic (exact) mass is 185 g/mol. The average Bonchev–Trinajstić information content (AvgIpc) is 2.09. The SMILES string of the molecule is CC(C)CCCCCCCNC=O. The molecule has 0 heterocycles. The fourth-order valence-electron chi connectivity index (χ4n) is 1.37. The quantitative estimate of drug-likeness (QED) is 0.434. The van der Waals surface area contributed by atoms with Crippen LogP contribution in [0.25, 0.3) is 0 Å². The van der Waals surface area contributed by atoms with Crippen LogP contribution in [-0.4, -0.2) is 13.0 Å². The zero-order valence-corrected chi connectivity index (χ0v) is 9.01. The first-order valence-corrected chi connectivity index (χ1v) is 5.44. The van der Waals surface area contributed by atoms with Gasteiger partial charge in [0.25, 0.3) is 0 Å². The molecule has 1 N–H and O–H groups in total. The highest BCUT2D eigenvalue weighted by atomic mass is 16.1. The van der Waals surface area contributed by atoms with Crippen LogP contribution in [0.15, 0.2) is 0 Å². The Balaban J connectivity index is 2.87. The van der Waals surface area contributed by atoms with Crippen molar-refractivity contribution in [3.05, 3.63) is 0 Å². The average molecular weight is 185 g/mol. The highest BCUT2D eigenvalue weighted by Crippen LogP contribution is 2.09. The van der Waals surface area contributed by atoms with E-state index in [1.165, 1.54) is 32.1 Å². The molecule has 0 unspecified atom stereocenters. The minimum Gasteiger partial charge on any atom is -0.359 e. The molecule has 2 heteroatoms. The molecule has 0 aromatic carbocycles. The molecule has 2 nitrogen and oxygen atoms in total. The van der Waals surface area contributed by atoms with Gasteiger partial charge in [0.1, 0.15) is 0 Å². The van der Waals surface area contributed by atoms with Gasteiger partial charge in [-0.05, 0) is 12.3 Å². The van der Waals surface area contributed by atoms with Crippen LogP contribution in [0, 0.1) is 5.92 Å². The molecule has 0 aliphatic rings. The molecule has 0 spiro atoms. The molecule has 78 valence electrons. The number of rotatable bonds is 9. The Morgan fingerprint density at radius 1 is 1.08 bits per heavy atom. The second-order valence-electron chi connectivity index (χ2n) is 4.02. The molecule has 0 radical (unpaired) electrons. The lowest BCUT2D eigenvalue weighted by atomic mass is 10.0. The summed E-state index contributed by atoms with van der Waals surface area (Å²) in [5.41, 5.74) is 0. The van der Waals surface area contributed by atoms with Crippen LogP contribution in [0.3, 0.4) is 0 Å². The van der Waals surface area contributed by atoms with E-state index in [-0.39, 0.29) is 0 Å². The van der Waals surface area contributed by atoms with Crippen LogP contribution < -0.4 is 5.32 Å². The van der Waals surface area contributed by atoms with Crippen molar-refractivity contribution < 1.29 is 4.79 Å². The molecule has 0 atom stereocenters. The Labute approximate surface area is 82.1 Å². The van der Waals surface area contributed by atoms with Crippen molar-refractivity contribution >= 4 is 6.41 Å². The first-order chi connectivity index (χ1) is 6.27. The maximum absolute atomic E-state index is 9.90. The fraction of sp³-hybridized carbons (Fsp3) is 0.909. The zero-order chi connectivity index (χ0) is 9.94. The van der Waals surface area contributed by atoms with Gasteiger partial charge in [0, 0.05) is 6.54 Å². The van der Waals surface area contributed by atoms with Gasteiger partial charge in [-0.2, -0.15) is 0 Å². The van der Waals surface area contributed by atoms with Crippen molar-refractivity contribution in [3.63, 3.8) is 0 Å². The van der Waals surface area contributed by atoms with Gasteiger partial charge >= 0.3 is 0 Å². The Morgan fingerprint density at radius 2 is 1.69 bits per heavy atom. The Morgan fingerprint density at radius 3 is 2.31 bits per heavy atom. The molecule has 0 aromatic heterocycles. The lowest BCUT2D eigenvalue weighted by molar-refractivity contribution is -0.109. The van der Waals surface area contributed by atoms with E-state index < -0.39 is 0 Å². The minimum atomic E-state index is 0.777. The molecule has 0 saturated carbocycles. The van der Waals surface area contributed by atoms with Gasteiger partial charge in [-0.3, -0.25) is 4.79 Å². The minimum absolute atomic E-state index is 0.777. The molecule has 0 bridgehead atoms. The number of unbranched alkanes of at least 4 members (excludes halogenated alkanes) is 4. The second kappa shape index (κ2) is 9.56. The van der Waals surface area contributed by atoms with Crippen LogP contribution >= 0.6 is 0 Å². The molecule has 0 aliphatic carbocycles. The summed E-state index contributed by atoms with van der Waals surface area (Å²) in [6.07, 6.45) is 8.52. The van der Waals surface area contributed by atoms with Gasteiger partial charge in [-0.1, -0.05) is 46.0 Å². The van der Waals surface area contributed by atoms with Crippen molar-refractivity contribution in [1.29, 1.82) is 0 Å². The third-order valence-corrected chi connectivity index (χ3v) is 2.19. The maximum Gasteiger partial charge on any atom is 0.207 e. The number of nitrogens with one attached hydrogen (secondary N) is 1. The third kappa shape index (κ3) is 11.5. The number of carbonyl (C=O) groups is 1. The number of hydrogen-bond acceptors (Lipinski definition) is 1. The molecule has 13 heavy (non-hydrogen) atoms. The summed E-state index contributed by atoms with van der Waals surface area (Å²) in [6, 6.07) is 0. The van der Waals surface area contributed by atoms with Gasteiger partial charge in [-0.25, -0.2) is 0 Å². The largest absolute Gasteiger partial charge is 0.359 e. The van der Waals surface area contributed by atoms with E-state index in [1.54, 1.807) is 0 Å². The van der Waals surface area contributed by atoms with Crippen molar-refractivity contribution in [3.8, 4) is 0 Å². The third-order valence-electron chi connectivity index (χ3n) is 2.19. The van der Waals surface area contributed by atoms with E-state index >= 15 is 0 Å². The summed E-state index contributed by atoms with van der Waals surface area (Å²) in [6.45, 7) is 5.38. The van der Waals surface area contributed by atoms with Crippen LogP contribution in [-0.2, 0) is 4.79 Å². The van der Waals surface area contributed by atoms with Gasteiger partial charge in [-0.15, -0.1) is 0 Å². The van der Waals surface area contributed by atoms with E-state index in [1.807, 2.05) is 0 Å². The van der Waals surface area contributed by atoms with E-state index in [0.29, 0.717) is 0 Å². The summed E-state index contributed by atoms with van der Waals surface area (Å²) in [5.74, 6) is 0.844. The number of amides is 1. The molecule has 0 aliphatic heterocycles. The molecule has 0 rings (SSSR count). The van der Waals surface area contributed by atoms with Crippen LogP contribution in [0.5, 0.6) is 0 Å². The Hall–Kier alpha value is -0.530. The molecule has 0 saturated heterocycles. The first kappa shape index (κ1) is 12.5. The molecule has 0 fully saturated rings. The van der Waals surface area contributed by atoms with E-state index in [4.69, 9.17) is 0 Å². The van der Waals surface area contributed by atoms with Crippen molar-refractivity contribution in [1.82, 2.24) is 5.32 Å². The lowest BCUT2D eigenvalue weighted by Crippen LogP contribution is -2.11. The number of hydrogen-bond donors (Lipinski definition) is 1. The fourth-order valence-corrected chi connectivity index (χ4v) is 1.37. The van der Waals surface area contributed by atoms with Gasteiger partial charge in [0.2, 0.25) is 6.41 Å². The highest BCUT2D eigenvalue weighted by Gasteiger charge is 1.94. The number of carbonyl (C=O) groups excluding carboxylic acids is 1. The van der Waals surface area contributed by atoms with Gasteiger partial charge < -0.3 is 5.32 Å². The molecule has 0 aromatic rings. The topological polar surface area (TPSA) is 29.1 Å². The van der Waals surface area contributed by atoms with Crippen molar-refractivity contribution in [2.75, 3.05) is 6.54 Å². The smallest absolute Gasteiger partial charge is 0.207 e. The van der Waals surface area contributed by atoms with E-state index in [9.17, 15) is 4.79 Å². The van der Waals surface area contributed by atoms with Crippen molar-refractivity contribution in [2.45, 2.75) is 52.4 Å². The molecule has 1 amide bonds. The molecular formula is C11H23NO. The summed E-state index contributed by atoms with van der Waals surface area (Å²) >= 11 is 0.